The predicted octanol–water partition coefficient (Wildman–Crippen LogP) is 1.49. The van der Waals surface area contributed by atoms with Crippen LogP contribution in [0.2, 0.25) is 0 Å². The van der Waals surface area contributed by atoms with Crippen LogP contribution in [0.3, 0.4) is 0 Å². The van der Waals surface area contributed by atoms with E-state index in [1.165, 1.54) is 13.1 Å². The van der Waals surface area contributed by atoms with Gasteiger partial charge in [-0.25, -0.2) is 9.69 Å². The molecule has 0 saturated carbocycles. The van der Waals surface area contributed by atoms with Crippen molar-refractivity contribution in [3.05, 3.63) is 42.0 Å². The van der Waals surface area contributed by atoms with Crippen molar-refractivity contribution in [2.75, 3.05) is 14.2 Å². The van der Waals surface area contributed by atoms with Crippen molar-refractivity contribution in [1.82, 2.24) is 4.90 Å². The van der Waals surface area contributed by atoms with Crippen molar-refractivity contribution in [2.45, 2.75) is 0 Å². The Hall–Kier alpha value is -2.43. The first kappa shape index (κ1) is 13.6. The minimum atomic E-state index is -0.936. The molecule has 1 aromatic rings. The largest absolute Gasteiger partial charge is 0.452 e. The fraction of sp³-hybridized carbons (Fsp3) is 0.154. The van der Waals surface area contributed by atoms with Gasteiger partial charge in [0.1, 0.15) is 0 Å². The molecule has 1 rings (SSSR count). The molecule has 0 spiro atoms. The average Bonchev–Trinajstić information content (AvgIpc) is 2.43. The second-order valence-corrected chi connectivity index (χ2v) is 3.44. The lowest BCUT2D eigenvalue weighted by Gasteiger charge is -2.10. The second-order valence-electron chi connectivity index (χ2n) is 3.44. The third-order valence-electron chi connectivity index (χ3n) is 2.19. The van der Waals surface area contributed by atoms with Gasteiger partial charge in [-0.3, -0.25) is 9.59 Å². The number of carbonyl (C=O) groups excluding carboxylic acids is 3. The SMILES string of the molecule is COC(=O)N(C)C(=O)C(=O)/C=C/c1ccccc1. The number of hydrogen-bond acceptors (Lipinski definition) is 4. The molecule has 0 bridgehead atoms. The highest BCUT2D eigenvalue weighted by molar-refractivity contribution is 6.43. The number of hydrogen-bond donors (Lipinski definition) is 0. The van der Waals surface area contributed by atoms with E-state index in [1.807, 2.05) is 18.2 Å². The third kappa shape index (κ3) is 3.55. The molecule has 0 atom stereocenters. The molecule has 0 aliphatic carbocycles. The zero-order valence-electron chi connectivity index (χ0n) is 10.1. The third-order valence-corrected chi connectivity index (χ3v) is 2.19. The summed E-state index contributed by atoms with van der Waals surface area (Å²) >= 11 is 0. The van der Waals surface area contributed by atoms with E-state index in [4.69, 9.17) is 0 Å². The topological polar surface area (TPSA) is 63.7 Å². The minimum absolute atomic E-state index is 0.623. The summed E-state index contributed by atoms with van der Waals surface area (Å²) in [5.74, 6) is -1.72. The summed E-state index contributed by atoms with van der Waals surface area (Å²) in [4.78, 5) is 34.6. The van der Waals surface area contributed by atoms with E-state index in [2.05, 4.69) is 4.74 Å². The Labute approximate surface area is 105 Å². The van der Waals surface area contributed by atoms with Crippen LogP contribution in [0.1, 0.15) is 5.56 Å². The van der Waals surface area contributed by atoms with Crippen molar-refractivity contribution in [3.8, 4) is 0 Å². The van der Waals surface area contributed by atoms with E-state index in [0.717, 1.165) is 18.7 Å². The fourth-order valence-corrected chi connectivity index (χ4v) is 1.19. The summed E-state index contributed by atoms with van der Waals surface area (Å²) in [5, 5.41) is 0. The van der Waals surface area contributed by atoms with Crippen molar-refractivity contribution < 1.29 is 19.1 Å². The van der Waals surface area contributed by atoms with Gasteiger partial charge in [0, 0.05) is 7.05 Å². The average molecular weight is 247 g/mol. The number of amides is 2. The van der Waals surface area contributed by atoms with Crippen LogP contribution in [-0.4, -0.2) is 36.8 Å². The van der Waals surface area contributed by atoms with Crippen LogP contribution in [-0.2, 0) is 14.3 Å². The number of ether oxygens (including phenoxy) is 1. The molecule has 0 aliphatic heterocycles. The summed E-state index contributed by atoms with van der Waals surface area (Å²) in [5.41, 5.74) is 0.791. The Bertz CT molecular complexity index is 479. The van der Waals surface area contributed by atoms with Crippen molar-refractivity contribution >= 4 is 23.9 Å². The van der Waals surface area contributed by atoms with Crippen LogP contribution >= 0.6 is 0 Å². The quantitative estimate of drug-likeness (QED) is 0.599. The summed E-state index contributed by atoms with van der Waals surface area (Å²) in [7, 11) is 2.32. The maximum absolute atomic E-state index is 11.5. The first-order valence-electron chi connectivity index (χ1n) is 5.19. The molecule has 94 valence electrons. The van der Waals surface area contributed by atoms with Crippen LogP contribution in [0.25, 0.3) is 6.08 Å². The number of rotatable bonds is 3. The van der Waals surface area contributed by atoms with Gasteiger partial charge in [-0.15, -0.1) is 0 Å². The van der Waals surface area contributed by atoms with Crippen LogP contribution in [0.4, 0.5) is 4.79 Å². The lowest BCUT2D eigenvalue weighted by Crippen LogP contribution is -2.37. The summed E-state index contributed by atoms with van der Waals surface area (Å²) in [6, 6.07) is 9.05. The summed E-state index contributed by atoms with van der Waals surface area (Å²) < 4.78 is 4.34. The Kier molecular flexibility index (Phi) is 4.80. The highest BCUT2D eigenvalue weighted by Crippen LogP contribution is 2.01. The van der Waals surface area contributed by atoms with Gasteiger partial charge >= 0.3 is 12.0 Å². The van der Waals surface area contributed by atoms with E-state index in [0.29, 0.717) is 4.90 Å². The number of methoxy groups -OCH3 is 1. The molecule has 0 aliphatic rings. The van der Waals surface area contributed by atoms with Gasteiger partial charge < -0.3 is 4.74 Å². The fourth-order valence-electron chi connectivity index (χ4n) is 1.19. The Morgan fingerprint density at radius 1 is 1.17 bits per heavy atom. The summed E-state index contributed by atoms with van der Waals surface area (Å²) in [6.45, 7) is 0. The molecule has 1 aromatic carbocycles. The van der Waals surface area contributed by atoms with Gasteiger partial charge in [0.25, 0.3) is 0 Å². The molecule has 0 unspecified atom stereocenters. The van der Waals surface area contributed by atoms with Crippen LogP contribution in [0.5, 0.6) is 0 Å². The highest BCUT2D eigenvalue weighted by atomic mass is 16.5. The highest BCUT2D eigenvalue weighted by Gasteiger charge is 2.22. The van der Waals surface area contributed by atoms with Gasteiger partial charge in [-0.2, -0.15) is 0 Å². The van der Waals surface area contributed by atoms with Gasteiger partial charge in [0.15, 0.2) is 0 Å². The van der Waals surface area contributed by atoms with E-state index < -0.39 is 17.8 Å². The molecule has 0 aromatic heterocycles. The monoisotopic (exact) mass is 247 g/mol. The standard InChI is InChI=1S/C13H13NO4/c1-14(13(17)18-2)12(16)11(15)9-8-10-6-4-3-5-7-10/h3-9H,1-2H3/b9-8+. The van der Waals surface area contributed by atoms with E-state index in [9.17, 15) is 14.4 Å². The van der Waals surface area contributed by atoms with E-state index in [1.54, 1.807) is 12.1 Å². The first-order chi connectivity index (χ1) is 8.56. The molecular weight excluding hydrogens is 234 g/mol. The molecule has 0 N–H and O–H groups in total. The zero-order chi connectivity index (χ0) is 13.5. The Balaban J connectivity index is 2.69. The molecule has 2 amide bonds. The molecule has 0 saturated heterocycles. The van der Waals surface area contributed by atoms with Crippen LogP contribution in [0.15, 0.2) is 36.4 Å². The number of imide groups is 1. The molecule has 0 radical (unpaired) electrons. The van der Waals surface area contributed by atoms with E-state index >= 15 is 0 Å². The Morgan fingerprint density at radius 3 is 2.33 bits per heavy atom. The van der Waals surface area contributed by atoms with Gasteiger partial charge in [0.05, 0.1) is 7.11 Å². The van der Waals surface area contributed by atoms with E-state index in [-0.39, 0.29) is 0 Å². The molecule has 0 heterocycles. The number of carbonyl (C=O) groups is 3. The van der Waals surface area contributed by atoms with Gasteiger partial charge in [-0.1, -0.05) is 36.4 Å². The van der Waals surface area contributed by atoms with Crippen LogP contribution in [0, 0.1) is 0 Å². The zero-order valence-corrected chi connectivity index (χ0v) is 10.1. The molecular formula is C13H13NO4. The lowest BCUT2D eigenvalue weighted by atomic mass is 10.2. The minimum Gasteiger partial charge on any atom is -0.452 e. The molecule has 18 heavy (non-hydrogen) atoms. The molecule has 0 fully saturated rings. The Morgan fingerprint density at radius 2 is 1.78 bits per heavy atom. The normalized spacial score (nSPS) is 10.1. The number of ketones is 1. The van der Waals surface area contributed by atoms with Gasteiger partial charge in [-0.05, 0) is 11.6 Å². The predicted molar refractivity (Wildman–Crippen MR) is 65.7 cm³/mol. The van der Waals surface area contributed by atoms with Crippen molar-refractivity contribution in [2.24, 2.45) is 0 Å². The first-order valence-corrected chi connectivity index (χ1v) is 5.19. The number of benzene rings is 1. The van der Waals surface area contributed by atoms with Crippen molar-refractivity contribution in [1.29, 1.82) is 0 Å². The molecule has 5 nitrogen and oxygen atoms in total. The maximum atomic E-state index is 11.5. The summed E-state index contributed by atoms with van der Waals surface area (Å²) in [6.07, 6.45) is 1.75. The maximum Gasteiger partial charge on any atom is 0.416 e. The smallest absolute Gasteiger partial charge is 0.416 e. The molecule has 5 heteroatoms. The second kappa shape index (κ2) is 6.34. The van der Waals surface area contributed by atoms with Gasteiger partial charge in [0.2, 0.25) is 5.78 Å². The number of likely N-dealkylation sites (N-methyl/N-ethyl adjacent to an activating group) is 1. The number of nitrogens with zero attached hydrogens (tertiary/aromatic N) is 1. The lowest BCUT2D eigenvalue weighted by molar-refractivity contribution is -0.140. The van der Waals surface area contributed by atoms with Crippen LogP contribution < -0.4 is 0 Å². The van der Waals surface area contributed by atoms with Crippen molar-refractivity contribution in [3.63, 3.8) is 0 Å².